The lowest BCUT2D eigenvalue weighted by Crippen LogP contribution is -2.30. The Balaban J connectivity index is 2.22. The van der Waals surface area contributed by atoms with Gasteiger partial charge in [0, 0.05) is 36.2 Å². The fraction of sp³-hybridized carbons (Fsp3) is 0.450. The first-order valence-electron chi connectivity index (χ1n) is 9.23. The van der Waals surface area contributed by atoms with E-state index in [9.17, 15) is 13.2 Å². The van der Waals surface area contributed by atoms with E-state index in [1.165, 1.54) is 16.4 Å². The molecule has 0 spiro atoms. The molecule has 1 amide bonds. The molecule has 0 aliphatic carbocycles. The van der Waals surface area contributed by atoms with Crippen LogP contribution in [0.15, 0.2) is 35.2 Å². The molecule has 27 heavy (non-hydrogen) atoms. The molecule has 0 atom stereocenters. The molecule has 148 valence electrons. The number of anilines is 1. The Morgan fingerprint density at radius 2 is 1.67 bits per heavy atom. The number of aromatic nitrogens is 1. The van der Waals surface area contributed by atoms with Gasteiger partial charge in [-0.15, -0.1) is 0 Å². The number of rotatable bonds is 7. The second-order valence-corrected chi connectivity index (χ2v) is 8.75. The summed E-state index contributed by atoms with van der Waals surface area (Å²) < 4.78 is 28.6. The highest BCUT2D eigenvalue weighted by Gasteiger charge is 2.22. The number of carbonyl (C=O) groups excluding carboxylic acids is 1. The number of carbonyl (C=O) groups is 1. The van der Waals surface area contributed by atoms with E-state index in [-0.39, 0.29) is 16.8 Å². The van der Waals surface area contributed by atoms with E-state index in [4.69, 9.17) is 0 Å². The molecule has 1 aromatic carbocycles. The zero-order valence-electron chi connectivity index (χ0n) is 16.9. The third-order valence-corrected chi connectivity index (χ3v) is 6.76. The summed E-state index contributed by atoms with van der Waals surface area (Å²) in [4.78, 5) is 12.9. The van der Waals surface area contributed by atoms with Crippen molar-refractivity contribution in [3.05, 3.63) is 47.3 Å². The Morgan fingerprint density at radius 1 is 1.11 bits per heavy atom. The molecule has 0 unspecified atom stereocenters. The van der Waals surface area contributed by atoms with Gasteiger partial charge >= 0.3 is 0 Å². The summed E-state index contributed by atoms with van der Waals surface area (Å²) in [5.74, 6) is -0.200. The van der Waals surface area contributed by atoms with E-state index in [2.05, 4.69) is 23.7 Å². The van der Waals surface area contributed by atoms with Crippen molar-refractivity contribution in [2.45, 2.75) is 52.5 Å². The van der Waals surface area contributed by atoms with Gasteiger partial charge in [-0.05, 0) is 58.0 Å². The lowest BCUT2D eigenvalue weighted by Gasteiger charge is -2.18. The van der Waals surface area contributed by atoms with Crippen molar-refractivity contribution in [2.24, 2.45) is 0 Å². The van der Waals surface area contributed by atoms with Crippen LogP contribution in [0.25, 0.3) is 0 Å². The van der Waals surface area contributed by atoms with Crippen LogP contribution < -0.4 is 5.32 Å². The normalized spacial score (nSPS) is 12.0. The van der Waals surface area contributed by atoms with E-state index in [1.807, 2.05) is 33.8 Å². The van der Waals surface area contributed by atoms with E-state index in [0.29, 0.717) is 24.3 Å². The minimum atomic E-state index is -3.50. The van der Waals surface area contributed by atoms with Crippen LogP contribution in [0.2, 0.25) is 0 Å². The monoisotopic (exact) mass is 391 g/mol. The standard InChI is InChI=1S/C20H29N3O3S/c1-7-22(8-2)27(25,26)18-11-9-17(10-12-18)21-20(24)19-13-15(5)23(14(3)4)16(19)6/h9-14H,7-8H2,1-6H3,(H,21,24). The molecule has 0 saturated heterocycles. The topological polar surface area (TPSA) is 71.4 Å². The molecule has 2 rings (SSSR count). The lowest BCUT2D eigenvalue weighted by atomic mass is 10.2. The highest BCUT2D eigenvalue weighted by atomic mass is 32.2. The molecule has 7 heteroatoms. The number of hydrogen-bond acceptors (Lipinski definition) is 3. The van der Waals surface area contributed by atoms with Crippen LogP contribution in [0.5, 0.6) is 0 Å². The third-order valence-electron chi connectivity index (χ3n) is 4.70. The molecule has 0 aliphatic rings. The Kier molecular flexibility index (Phi) is 6.49. The molecule has 0 aliphatic heterocycles. The van der Waals surface area contributed by atoms with Crippen LogP contribution in [0.4, 0.5) is 5.69 Å². The van der Waals surface area contributed by atoms with Gasteiger partial charge in [-0.1, -0.05) is 13.8 Å². The minimum absolute atomic E-state index is 0.200. The smallest absolute Gasteiger partial charge is 0.257 e. The molecule has 1 aromatic heterocycles. The predicted molar refractivity (Wildman–Crippen MR) is 109 cm³/mol. The molecular weight excluding hydrogens is 362 g/mol. The van der Waals surface area contributed by atoms with Crippen LogP contribution in [-0.4, -0.2) is 36.3 Å². The second kappa shape index (κ2) is 8.27. The number of hydrogen-bond donors (Lipinski definition) is 1. The van der Waals surface area contributed by atoms with Crippen molar-refractivity contribution in [3.63, 3.8) is 0 Å². The van der Waals surface area contributed by atoms with Gasteiger partial charge in [-0.2, -0.15) is 4.31 Å². The van der Waals surface area contributed by atoms with Crippen LogP contribution in [-0.2, 0) is 10.0 Å². The number of amides is 1. The Hall–Kier alpha value is -2.12. The van der Waals surface area contributed by atoms with E-state index in [0.717, 1.165) is 11.4 Å². The van der Waals surface area contributed by atoms with Crippen LogP contribution >= 0.6 is 0 Å². The minimum Gasteiger partial charge on any atom is -0.346 e. The van der Waals surface area contributed by atoms with Crippen molar-refractivity contribution < 1.29 is 13.2 Å². The maximum atomic E-state index is 12.7. The van der Waals surface area contributed by atoms with Gasteiger partial charge in [0.15, 0.2) is 0 Å². The number of sulfonamides is 1. The Morgan fingerprint density at radius 3 is 2.11 bits per heavy atom. The summed E-state index contributed by atoms with van der Waals surface area (Å²) in [6, 6.07) is 8.45. The summed E-state index contributed by atoms with van der Waals surface area (Å²) in [5, 5.41) is 2.85. The quantitative estimate of drug-likeness (QED) is 0.776. The van der Waals surface area contributed by atoms with Crippen LogP contribution in [0, 0.1) is 13.8 Å². The average Bonchev–Trinajstić information content (AvgIpc) is 2.90. The van der Waals surface area contributed by atoms with Gasteiger partial charge in [0.25, 0.3) is 5.91 Å². The van der Waals surface area contributed by atoms with Crippen molar-refractivity contribution in [3.8, 4) is 0 Å². The number of benzene rings is 1. The largest absolute Gasteiger partial charge is 0.346 e. The molecule has 6 nitrogen and oxygen atoms in total. The third kappa shape index (κ3) is 4.25. The number of aryl methyl sites for hydroxylation is 1. The molecule has 0 bridgehead atoms. The van der Waals surface area contributed by atoms with Gasteiger partial charge < -0.3 is 9.88 Å². The summed E-state index contributed by atoms with van der Waals surface area (Å²) in [6.45, 7) is 12.5. The molecule has 0 radical (unpaired) electrons. The number of nitrogens with one attached hydrogen (secondary N) is 1. The maximum absolute atomic E-state index is 12.7. The number of nitrogens with zero attached hydrogens (tertiary/aromatic N) is 2. The zero-order valence-corrected chi connectivity index (χ0v) is 17.7. The Bertz CT molecular complexity index is 909. The molecular formula is C20H29N3O3S. The fourth-order valence-corrected chi connectivity index (χ4v) is 4.88. The molecule has 1 N–H and O–H groups in total. The van der Waals surface area contributed by atoms with Gasteiger partial charge in [0.05, 0.1) is 10.5 Å². The molecule has 1 heterocycles. The molecule has 2 aromatic rings. The van der Waals surface area contributed by atoms with E-state index >= 15 is 0 Å². The Labute approximate surface area is 162 Å². The van der Waals surface area contributed by atoms with Crippen LogP contribution in [0.1, 0.15) is 55.5 Å². The van der Waals surface area contributed by atoms with Crippen molar-refractivity contribution in [2.75, 3.05) is 18.4 Å². The summed E-state index contributed by atoms with van der Waals surface area (Å²) >= 11 is 0. The van der Waals surface area contributed by atoms with Gasteiger partial charge in [-0.3, -0.25) is 4.79 Å². The second-order valence-electron chi connectivity index (χ2n) is 6.82. The van der Waals surface area contributed by atoms with Gasteiger partial charge in [0.1, 0.15) is 0 Å². The summed E-state index contributed by atoms with van der Waals surface area (Å²) in [5.41, 5.74) is 3.14. The first-order valence-corrected chi connectivity index (χ1v) is 10.7. The van der Waals surface area contributed by atoms with Crippen molar-refractivity contribution in [1.29, 1.82) is 0 Å². The van der Waals surface area contributed by atoms with Gasteiger partial charge in [-0.25, -0.2) is 8.42 Å². The fourth-order valence-electron chi connectivity index (χ4n) is 3.42. The molecule has 0 saturated carbocycles. The van der Waals surface area contributed by atoms with Crippen molar-refractivity contribution in [1.82, 2.24) is 8.87 Å². The zero-order chi connectivity index (χ0) is 20.4. The summed E-state index contributed by atoms with van der Waals surface area (Å²) in [6.07, 6.45) is 0. The maximum Gasteiger partial charge on any atom is 0.257 e. The average molecular weight is 392 g/mol. The predicted octanol–water partition coefficient (Wildman–Crippen LogP) is 3.97. The SMILES string of the molecule is CCN(CC)S(=O)(=O)c1ccc(NC(=O)c2cc(C)n(C(C)C)c2C)cc1. The highest BCUT2D eigenvalue weighted by molar-refractivity contribution is 7.89. The van der Waals surface area contributed by atoms with E-state index in [1.54, 1.807) is 12.1 Å². The lowest BCUT2D eigenvalue weighted by molar-refractivity contribution is 0.102. The highest BCUT2D eigenvalue weighted by Crippen LogP contribution is 2.22. The first kappa shape index (κ1) is 21.2. The molecule has 0 fully saturated rings. The van der Waals surface area contributed by atoms with Gasteiger partial charge in [0.2, 0.25) is 10.0 Å². The van der Waals surface area contributed by atoms with Crippen LogP contribution in [0.3, 0.4) is 0 Å². The summed E-state index contributed by atoms with van der Waals surface area (Å²) in [7, 11) is -3.50. The first-order chi connectivity index (χ1) is 12.6. The van der Waals surface area contributed by atoms with E-state index < -0.39 is 10.0 Å². The van der Waals surface area contributed by atoms with Crippen molar-refractivity contribution >= 4 is 21.6 Å².